The Hall–Kier alpha value is -6.96. The molecule has 2 unspecified atom stereocenters. The summed E-state index contributed by atoms with van der Waals surface area (Å²) in [5, 5.41) is 5.10. The van der Waals surface area contributed by atoms with E-state index in [0.717, 1.165) is 0 Å². The van der Waals surface area contributed by atoms with E-state index in [0.29, 0.717) is 0 Å². The van der Waals surface area contributed by atoms with Gasteiger partial charge in [-0.15, -0.1) is 0 Å². The van der Waals surface area contributed by atoms with Crippen molar-refractivity contribution in [2.24, 2.45) is 0 Å². The van der Waals surface area contributed by atoms with Crippen molar-refractivity contribution in [3.63, 3.8) is 0 Å². The second kappa shape index (κ2) is 11.8. The molecule has 0 bridgehead atoms. The van der Waals surface area contributed by atoms with Crippen molar-refractivity contribution < 1.29 is 0 Å². The Bertz CT molecular complexity index is 3140. The first kappa shape index (κ1) is 30.5. The molecule has 2 aliphatic carbocycles. The highest BCUT2D eigenvalue weighted by Crippen LogP contribution is 2.54. The minimum absolute atomic E-state index is 0.185. The van der Waals surface area contributed by atoms with Crippen LogP contribution in [0.1, 0.15) is 45.2 Å². The van der Waals surface area contributed by atoms with Gasteiger partial charge in [-0.2, -0.15) is 0 Å². The van der Waals surface area contributed by atoms with E-state index in [1.165, 1.54) is 105 Å². The van der Waals surface area contributed by atoms with Gasteiger partial charge in [-0.25, -0.2) is 0 Å². The Morgan fingerprint density at radius 2 is 0.909 bits per heavy atom. The molecule has 12 rings (SSSR count). The van der Waals surface area contributed by atoms with Crippen LogP contribution in [0.3, 0.4) is 0 Å². The van der Waals surface area contributed by atoms with E-state index in [1.807, 2.05) is 0 Å². The lowest BCUT2D eigenvalue weighted by atomic mass is 9.88. The summed E-state index contributed by atoms with van der Waals surface area (Å²) in [6.45, 7) is 0. The standard InChI is InChI=1S/C54H35N/c1-3-15-35(16-4-1)51-41-22-10-9-21-40(41)46-32-37(26-28-44(46)51)38-27-30-49-47(33-38)54-50(55(49)48-25-13-19-34-14-7-8-20-39(34)48)31-29-45-52(36-17-5-2-6-18-36)42-23-11-12-24-43(42)53(45)54/h1-33,51-52H. The van der Waals surface area contributed by atoms with Gasteiger partial charge in [0.1, 0.15) is 0 Å². The number of hydrogen-bond donors (Lipinski definition) is 0. The number of hydrogen-bond acceptors (Lipinski definition) is 0. The lowest BCUT2D eigenvalue weighted by molar-refractivity contribution is 1.02. The molecule has 0 aliphatic heterocycles. The summed E-state index contributed by atoms with van der Waals surface area (Å²) in [7, 11) is 0. The van der Waals surface area contributed by atoms with Gasteiger partial charge < -0.3 is 4.57 Å². The largest absolute Gasteiger partial charge is 0.309 e. The molecule has 1 heterocycles. The van der Waals surface area contributed by atoms with E-state index in [9.17, 15) is 0 Å². The fraction of sp³-hybridized carbons (Fsp3) is 0.0370. The summed E-state index contributed by atoms with van der Waals surface area (Å²) >= 11 is 0. The number of fused-ring (bicyclic) bond motifs is 11. The SMILES string of the molecule is c1ccc(C2c3ccccc3-c3cc(-c4ccc5c(c4)c4c6c(ccc4n5-c4cccc5ccccc45)C(c4ccccc4)c4ccccc4-6)ccc32)cc1. The van der Waals surface area contributed by atoms with Crippen molar-refractivity contribution in [2.75, 3.05) is 0 Å². The maximum absolute atomic E-state index is 2.51. The summed E-state index contributed by atoms with van der Waals surface area (Å²) in [5.74, 6) is 0.424. The summed E-state index contributed by atoms with van der Waals surface area (Å²) < 4.78 is 2.51. The molecule has 2 atom stereocenters. The monoisotopic (exact) mass is 697 g/mol. The van der Waals surface area contributed by atoms with Gasteiger partial charge in [0, 0.05) is 28.0 Å². The van der Waals surface area contributed by atoms with Crippen molar-refractivity contribution in [3.05, 3.63) is 234 Å². The van der Waals surface area contributed by atoms with Crippen LogP contribution in [0.15, 0.2) is 200 Å². The molecule has 1 nitrogen and oxygen atoms in total. The highest BCUT2D eigenvalue weighted by Gasteiger charge is 2.33. The van der Waals surface area contributed by atoms with Crippen molar-refractivity contribution in [1.29, 1.82) is 0 Å². The maximum atomic E-state index is 2.51. The van der Waals surface area contributed by atoms with Crippen molar-refractivity contribution >= 4 is 32.6 Å². The van der Waals surface area contributed by atoms with Crippen LogP contribution in [-0.2, 0) is 0 Å². The quantitative estimate of drug-likeness (QED) is 0.173. The second-order valence-electron chi connectivity index (χ2n) is 15.2. The molecule has 0 spiro atoms. The van der Waals surface area contributed by atoms with Gasteiger partial charge in [0.15, 0.2) is 0 Å². The normalized spacial score (nSPS) is 15.3. The van der Waals surface area contributed by atoms with Gasteiger partial charge in [-0.3, -0.25) is 0 Å². The molecule has 0 N–H and O–H groups in total. The van der Waals surface area contributed by atoms with Crippen molar-refractivity contribution in [2.45, 2.75) is 11.8 Å². The highest BCUT2D eigenvalue weighted by atomic mass is 15.0. The first-order valence-corrected chi connectivity index (χ1v) is 19.3. The molecule has 1 aromatic heterocycles. The zero-order chi connectivity index (χ0) is 36.0. The molecule has 0 radical (unpaired) electrons. The van der Waals surface area contributed by atoms with Gasteiger partial charge in [-0.05, 0) is 102 Å². The van der Waals surface area contributed by atoms with Crippen LogP contribution in [-0.4, -0.2) is 4.57 Å². The average Bonchev–Trinajstić information content (AvgIpc) is 3.89. The molecule has 2 aliphatic rings. The summed E-state index contributed by atoms with van der Waals surface area (Å²) in [6.07, 6.45) is 0. The number of nitrogens with zero attached hydrogens (tertiary/aromatic N) is 1. The smallest absolute Gasteiger partial charge is 0.0547 e. The molecule has 256 valence electrons. The number of aromatic nitrogens is 1. The molecule has 0 saturated carbocycles. The lowest BCUT2D eigenvalue weighted by Gasteiger charge is -2.15. The van der Waals surface area contributed by atoms with E-state index in [-0.39, 0.29) is 11.8 Å². The first-order chi connectivity index (χ1) is 27.3. The van der Waals surface area contributed by atoms with E-state index < -0.39 is 0 Å². The van der Waals surface area contributed by atoms with E-state index >= 15 is 0 Å². The Balaban J connectivity index is 1.13. The molecule has 0 fully saturated rings. The van der Waals surface area contributed by atoms with Crippen molar-refractivity contribution in [3.8, 4) is 39.1 Å². The third-order valence-electron chi connectivity index (χ3n) is 12.3. The molecule has 1 heteroatoms. The van der Waals surface area contributed by atoms with Gasteiger partial charge >= 0.3 is 0 Å². The summed E-state index contributed by atoms with van der Waals surface area (Å²) in [5.41, 5.74) is 19.7. The Kier molecular flexibility index (Phi) is 6.53. The summed E-state index contributed by atoms with van der Waals surface area (Å²) in [4.78, 5) is 0. The maximum Gasteiger partial charge on any atom is 0.0547 e. The first-order valence-electron chi connectivity index (χ1n) is 19.3. The molecule has 0 saturated heterocycles. The Labute approximate surface area is 320 Å². The molecular weight excluding hydrogens is 663 g/mol. The molecular formula is C54H35N. The predicted molar refractivity (Wildman–Crippen MR) is 229 cm³/mol. The highest BCUT2D eigenvalue weighted by molar-refractivity contribution is 6.19. The molecule has 10 aromatic rings. The van der Waals surface area contributed by atoms with Crippen LogP contribution >= 0.6 is 0 Å². The second-order valence-corrected chi connectivity index (χ2v) is 15.2. The van der Waals surface area contributed by atoms with Gasteiger partial charge in [0.05, 0.1) is 16.7 Å². The predicted octanol–water partition coefficient (Wildman–Crippen LogP) is 13.9. The van der Waals surface area contributed by atoms with Crippen LogP contribution in [0.5, 0.6) is 0 Å². The minimum atomic E-state index is 0.185. The van der Waals surface area contributed by atoms with Crippen LogP contribution < -0.4 is 0 Å². The van der Waals surface area contributed by atoms with Crippen LogP contribution in [0, 0.1) is 0 Å². The molecule has 55 heavy (non-hydrogen) atoms. The van der Waals surface area contributed by atoms with Gasteiger partial charge in [-0.1, -0.05) is 170 Å². The zero-order valence-electron chi connectivity index (χ0n) is 30.2. The third kappa shape index (κ3) is 4.41. The molecule has 0 amide bonds. The minimum Gasteiger partial charge on any atom is -0.309 e. The van der Waals surface area contributed by atoms with Gasteiger partial charge in [0.2, 0.25) is 0 Å². The van der Waals surface area contributed by atoms with E-state index in [4.69, 9.17) is 0 Å². The zero-order valence-corrected chi connectivity index (χ0v) is 30.2. The van der Waals surface area contributed by atoms with Crippen molar-refractivity contribution in [1.82, 2.24) is 4.57 Å². The topological polar surface area (TPSA) is 4.93 Å². The van der Waals surface area contributed by atoms with Crippen LogP contribution in [0.4, 0.5) is 0 Å². The van der Waals surface area contributed by atoms with Gasteiger partial charge in [0.25, 0.3) is 0 Å². The average molecular weight is 698 g/mol. The van der Waals surface area contributed by atoms with E-state index in [2.05, 4.69) is 205 Å². The number of benzene rings is 9. The van der Waals surface area contributed by atoms with Crippen LogP contribution in [0.2, 0.25) is 0 Å². The fourth-order valence-electron chi connectivity index (χ4n) is 10.0. The lowest BCUT2D eigenvalue weighted by Crippen LogP contribution is -1.99. The Morgan fingerprint density at radius 1 is 0.345 bits per heavy atom. The fourth-order valence-corrected chi connectivity index (χ4v) is 10.0. The van der Waals surface area contributed by atoms with Crippen LogP contribution in [0.25, 0.3) is 71.6 Å². The molecule has 9 aromatic carbocycles. The number of rotatable bonds is 4. The Morgan fingerprint density at radius 3 is 1.71 bits per heavy atom. The van der Waals surface area contributed by atoms with E-state index in [1.54, 1.807) is 0 Å². The third-order valence-corrected chi connectivity index (χ3v) is 12.3. The summed E-state index contributed by atoms with van der Waals surface area (Å²) in [6, 6.07) is 74.6.